The lowest BCUT2D eigenvalue weighted by Crippen LogP contribution is -2.33. The first kappa shape index (κ1) is 11.8. The van der Waals surface area contributed by atoms with Crippen molar-refractivity contribution in [3.63, 3.8) is 0 Å². The Kier molecular flexibility index (Phi) is 2.92. The van der Waals surface area contributed by atoms with Crippen LogP contribution >= 0.6 is 0 Å². The van der Waals surface area contributed by atoms with Crippen LogP contribution in [0, 0.1) is 12.3 Å². The molecule has 1 aliphatic carbocycles. The SMILES string of the molecule is Cc1[nH]ccc1C(=O)N1CCC2(CCCCC2)C1. The van der Waals surface area contributed by atoms with Crippen molar-refractivity contribution in [3.05, 3.63) is 23.5 Å². The van der Waals surface area contributed by atoms with E-state index in [0.29, 0.717) is 5.41 Å². The standard InChI is InChI=1S/C15H22N2O/c1-12-13(5-9-16-12)14(18)17-10-8-15(11-17)6-3-2-4-7-15/h5,9,16H,2-4,6-8,10-11H2,1H3. The number of carbonyl (C=O) groups excluding carboxylic acids is 1. The first-order chi connectivity index (χ1) is 8.70. The molecular weight excluding hydrogens is 224 g/mol. The van der Waals surface area contributed by atoms with Crippen molar-refractivity contribution in [2.24, 2.45) is 5.41 Å². The highest BCUT2D eigenvalue weighted by atomic mass is 16.2. The van der Waals surface area contributed by atoms with Gasteiger partial charge in [-0.05, 0) is 37.7 Å². The molecule has 2 fully saturated rings. The quantitative estimate of drug-likeness (QED) is 0.812. The van der Waals surface area contributed by atoms with Crippen molar-refractivity contribution >= 4 is 5.91 Å². The van der Waals surface area contributed by atoms with Gasteiger partial charge in [-0.1, -0.05) is 19.3 Å². The lowest BCUT2D eigenvalue weighted by Gasteiger charge is -2.33. The maximum atomic E-state index is 12.5. The van der Waals surface area contributed by atoms with Gasteiger partial charge in [-0.15, -0.1) is 0 Å². The molecule has 0 radical (unpaired) electrons. The normalized spacial score (nSPS) is 22.6. The Labute approximate surface area is 109 Å². The van der Waals surface area contributed by atoms with Crippen LogP contribution in [0.25, 0.3) is 0 Å². The molecule has 1 aliphatic heterocycles. The van der Waals surface area contributed by atoms with E-state index in [2.05, 4.69) is 9.88 Å². The molecule has 3 rings (SSSR count). The van der Waals surface area contributed by atoms with E-state index in [0.717, 1.165) is 24.3 Å². The third-order valence-corrected chi connectivity index (χ3v) is 4.82. The Bertz CT molecular complexity index is 443. The molecule has 1 saturated carbocycles. The van der Waals surface area contributed by atoms with Crippen LogP contribution in [0.3, 0.4) is 0 Å². The molecule has 2 aliphatic rings. The topological polar surface area (TPSA) is 36.1 Å². The summed E-state index contributed by atoms with van der Waals surface area (Å²) in [5.74, 6) is 0.219. The zero-order valence-electron chi connectivity index (χ0n) is 11.2. The van der Waals surface area contributed by atoms with Crippen molar-refractivity contribution in [2.75, 3.05) is 13.1 Å². The number of nitrogens with zero attached hydrogens (tertiary/aromatic N) is 1. The molecule has 1 aromatic heterocycles. The number of likely N-dealkylation sites (tertiary alicyclic amines) is 1. The van der Waals surface area contributed by atoms with Crippen LogP contribution < -0.4 is 0 Å². The van der Waals surface area contributed by atoms with Crippen molar-refractivity contribution in [3.8, 4) is 0 Å². The second-order valence-corrected chi connectivity index (χ2v) is 6.05. The van der Waals surface area contributed by atoms with Gasteiger partial charge in [-0.25, -0.2) is 0 Å². The molecule has 1 amide bonds. The van der Waals surface area contributed by atoms with Crippen LogP contribution in [0.15, 0.2) is 12.3 Å². The number of amides is 1. The maximum absolute atomic E-state index is 12.5. The highest BCUT2D eigenvalue weighted by Gasteiger charge is 2.40. The van der Waals surface area contributed by atoms with Crippen molar-refractivity contribution < 1.29 is 4.79 Å². The molecule has 0 atom stereocenters. The first-order valence-corrected chi connectivity index (χ1v) is 7.14. The fourth-order valence-corrected chi connectivity index (χ4v) is 3.67. The van der Waals surface area contributed by atoms with Crippen molar-refractivity contribution in [1.29, 1.82) is 0 Å². The van der Waals surface area contributed by atoms with Crippen LogP contribution in [-0.2, 0) is 0 Å². The van der Waals surface area contributed by atoms with Gasteiger partial charge in [0.05, 0.1) is 5.56 Å². The summed E-state index contributed by atoms with van der Waals surface area (Å²) in [6.07, 6.45) is 9.80. The molecule has 3 heteroatoms. The monoisotopic (exact) mass is 246 g/mol. The molecule has 18 heavy (non-hydrogen) atoms. The van der Waals surface area contributed by atoms with E-state index in [1.54, 1.807) is 0 Å². The van der Waals surface area contributed by atoms with Crippen molar-refractivity contribution in [1.82, 2.24) is 9.88 Å². The zero-order chi connectivity index (χ0) is 12.6. The number of nitrogens with one attached hydrogen (secondary N) is 1. The summed E-state index contributed by atoms with van der Waals surface area (Å²) in [7, 11) is 0. The van der Waals surface area contributed by atoms with Gasteiger partial charge in [0.2, 0.25) is 0 Å². The minimum absolute atomic E-state index is 0.219. The average Bonchev–Trinajstić information content (AvgIpc) is 2.97. The van der Waals surface area contributed by atoms with Gasteiger partial charge in [0, 0.05) is 25.0 Å². The van der Waals surface area contributed by atoms with Crippen LogP contribution in [0.1, 0.15) is 54.6 Å². The molecular formula is C15H22N2O. The van der Waals surface area contributed by atoms with Gasteiger partial charge in [0.1, 0.15) is 0 Å². The average molecular weight is 246 g/mol. The smallest absolute Gasteiger partial charge is 0.255 e. The number of hydrogen-bond acceptors (Lipinski definition) is 1. The highest BCUT2D eigenvalue weighted by molar-refractivity contribution is 5.95. The van der Waals surface area contributed by atoms with E-state index in [1.165, 1.54) is 38.5 Å². The fourth-order valence-electron chi connectivity index (χ4n) is 3.67. The van der Waals surface area contributed by atoms with Gasteiger partial charge in [0.15, 0.2) is 0 Å². The van der Waals surface area contributed by atoms with Gasteiger partial charge in [-0.3, -0.25) is 4.79 Å². The third-order valence-electron chi connectivity index (χ3n) is 4.82. The van der Waals surface area contributed by atoms with E-state index in [-0.39, 0.29) is 5.91 Å². The van der Waals surface area contributed by atoms with Crippen LogP contribution in [0.2, 0.25) is 0 Å². The number of aryl methyl sites for hydroxylation is 1. The van der Waals surface area contributed by atoms with Crippen LogP contribution in [-0.4, -0.2) is 28.9 Å². The molecule has 1 N–H and O–H groups in total. The predicted molar refractivity (Wildman–Crippen MR) is 71.6 cm³/mol. The fraction of sp³-hybridized carbons (Fsp3) is 0.667. The van der Waals surface area contributed by atoms with Gasteiger partial charge >= 0.3 is 0 Å². The van der Waals surface area contributed by atoms with Crippen molar-refractivity contribution in [2.45, 2.75) is 45.4 Å². The number of aromatic nitrogens is 1. The van der Waals surface area contributed by atoms with E-state index < -0.39 is 0 Å². The third kappa shape index (κ3) is 1.96. The Balaban J connectivity index is 1.72. The molecule has 1 saturated heterocycles. The Morgan fingerprint density at radius 3 is 2.72 bits per heavy atom. The van der Waals surface area contributed by atoms with Gasteiger partial charge < -0.3 is 9.88 Å². The summed E-state index contributed by atoms with van der Waals surface area (Å²) in [4.78, 5) is 17.6. The van der Waals surface area contributed by atoms with Gasteiger partial charge in [0.25, 0.3) is 5.91 Å². The minimum Gasteiger partial charge on any atom is -0.365 e. The summed E-state index contributed by atoms with van der Waals surface area (Å²) in [6.45, 7) is 3.90. The highest BCUT2D eigenvalue weighted by Crippen LogP contribution is 2.43. The molecule has 0 aromatic carbocycles. The summed E-state index contributed by atoms with van der Waals surface area (Å²) < 4.78 is 0. The second kappa shape index (κ2) is 4.45. The molecule has 1 spiro atoms. The Morgan fingerprint density at radius 2 is 2.06 bits per heavy atom. The number of rotatable bonds is 1. The largest absolute Gasteiger partial charge is 0.365 e. The number of carbonyl (C=O) groups is 1. The minimum atomic E-state index is 0.219. The summed E-state index contributed by atoms with van der Waals surface area (Å²) in [5.41, 5.74) is 2.30. The van der Waals surface area contributed by atoms with Crippen LogP contribution in [0.4, 0.5) is 0 Å². The molecule has 2 heterocycles. The van der Waals surface area contributed by atoms with E-state index >= 15 is 0 Å². The zero-order valence-corrected chi connectivity index (χ0v) is 11.2. The second-order valence-electron chi connectivity index (χ2n) is 6.05. The maximum Gasteiger partial charge on any atom is 0.255 e. The first-order valence-electron chi connectivity index (χ1n) is 7.14. The van der Waals surface area contributed by atoms with E-state index in [1.807, 2.05) is 19.2 Å². The number of H-pyrrole nitrogens is 1. The Morgan fingerprint density at radius 1 is 1.28 bits per heavy atom. The molecule has 1 aromatic rings. The van der Waals surface area contributed by atoms with Crippen LogP contribution in [0.5, 0.6) is 0 Å². The molecule has 0 unspecified atom stereocenters. The molecule has 3 nitrogen and oxygen atoms in total. The molecule has 0 bridgehead atoms. The number of aromatic amines is 1. The summed E-state index contributed by atoms with van der Waals surface area (Å²) >= 11 is 0. The predicted octanol–water partition coefficient (Wildman–Crippen LogP) is 3.12. The summed E-state index contributed by atoms with van der Waals surface area (Å²) in [5, 5.41) is 0. The lowest BCUT2D eigenvalue weighted by molar-refractivity contribution is 0.0758. The van der Waals surface area contributed by atoms with Gasteiger partial charge in [-0.2, -0.15) is 0 Å². The molecule has 98 valence electrons. The number of hydrogen-bond donors (Lipinski definition) is 1. The lowest BCUT2D eigenvalue weighted by atomic mass is 9.73. The summed E-state index contributed by atoms with van der Waals surface area (Å²) in [6, 6.07) is 1.91. The van der Waals surface area contributed by atoms with E-state index in [4.69, 9.17) is 0 Å². The van der Waals surface area contributed by atoms with E-state index in [9.17, 15) is 4.79 Å². The Hall–Kier alpha value is -1.25.